The van der Waals surface area contributed by atoms with Crippen molar-refractivity contribution in [3.05, 3.63) is 60.8 Å². The van der Waals surface area contributed by atoms with Crippen molar-refractivity contribution in [2.45, 2.75) is 60.1 Å². The van der Waals surface area contributed by atoms with E-state index in [-0.39, 0.29) is 34.7 Å². The molecule has 2 N–H and O–H groups in total. The number of nitrogens with zero attached hydrogens (tertiary/aromatic N) is 2. The third kappa shape index (κ3) is 6.90. The van der Waals surface area contributed by atoms with E-state index in [1.165, 1.54) is 16.6 Å². The molecule has 2 atom stereocenters. The molecule has 2 aliphatic rings. The van der Waals surface area contributed by atoms with E-state index >= 15 is 0 Å². The second-order valence-electron chi connectivity index (χ2n) is 10.8. The molecule has 3 heterocycles. The number of ether oxygens (including phenoxy) is 2. The van der Waals surface area contributed by atoms with Crippen LogP contribution >= 0.6 is 0 Å². The van der Waals surface area contributed by atoms with Crippen molar-refractivity contribution in [3.63, 3.8) is 0 Å². The van der Waals surface area contributed by atoms with Crippen molar-refractivity contribution in [3.8, 4) is 5.75 Å². The molecule has 2 aliphatic heterocycles. The summed E-state index contributed by atoms with van der Waals surface area (Å²) in [6, 6.07) is 15.5. The Morgan fingerprint density at radius 2 is 1.88 bits per heavy atom. The van der Waals surface area contributed by atoms with E-state index in [1.54, 1.807) is 24.3 Å². The Kier molecular flexibility index (Phi) is 8.98. The van der Waals surface area contributed by atoms with Crippen LogP contribution in [0.25, 0.3) is 10.9 Å². The van der Waals surface area contributed by atoms with Crippen LogP contribution in [-0.4, -0.2) is 87.6 Å². The first-order chi connectivity index (χ1) is 19.6. The monoisotopic (exact) mass is 603 g/mol. The summed E-state index contributed by atoms with van der Waals surface area (Å²) in [6.45, 7) is 3.33. The van der Waals surface area contributed by atoms with Crippen LogP contribution in [0.15, 0.2) is 70.6 Å². The number of benzene rings is 2. The third-order valence-electron chi connectivity index (χ3n) is 7.77. The number of aliphatic hydroxyl groups excluding tert-OH is 1. The van der Waals surface area contributed by atoms with E-state index in [0.29, 0.717) is 44.7 Å². The molecule has 0 amide bonds. The van der Waals surface area contributed by atoms with E-state index in [0.717, 1.165) is 17.3 Å². The molecule has 0 bridgehead atoms. The number of pyridine rings is 1. The average Bonchev–Trinajstić information content (AvgIpc) is 3.37. The fourth-order valence-electron chi connectivity index (χ4n) is 5.50. The van der Waals surface area contributed by atoms with E-state index in [9.17, 15) is 21.9 Å². The molecule has 12 heteroatoms. The topological polar surface area (TPSA) is 135 Å². The standard InChI is InChI=1S/C29H37N3O7S2/c1-2-14-40(34,35)26-8-5-7-25(16-26)38-21-24(33)18-30-23-17-29(39-20-23)10-12-32(13-11-29)41(36,37)27-15-22-6-3-4-9-28(22)31-19-27/h3-9,15-16,19,23-24,30,33H,2,10-14,17-18,20-21H2,1H3/t23-,24+/m1/s1. The molecular formula is C29H37N3O7S2. The van der Waals surface area contributed by atoms with Crippen LogP contribution in [0.5, 0.6) is 5.75 Å². The lowest BCUT2D eigenvalue weighted by Crippen LogP contribution is -2.47. The second-order valence-corrected chi connectivity index (χ2v) is 14.9. The SMILES string of the molecule is CCCS(=O)(=O)c1cccc(OC[C@@H](O)CN[C@H]2COC3(CCN(S(=O)(=O)c4cnc5ccccc5c4)CC3)C2)c1. The molecule has 2 fully saturated rings. The van der Waals surface area contributed by atoms with Gasteiger partial charge >= 0.3 is 0 Å². The summed E-state index contributed by atoms with van der Waals surface area (Å²) < 4.78 is 64.6. The quantitative estimate of drug-likeness (QED) is 0.339. The highest BCUT2D eigenvalue weighted by Crippen LogP contribution is 2.37. The molecule has 2 aromatic carbocycles. The second kappa shape index (κ2) is 12.3. The number of para-hydroxylation sites is 1. The summed E-state index contributed by atoms with van der Waals surface area (Å²) in [4.78, 5) is 4.73. The summed E-state index contributed by atoms with van der Waals surface area (Å²) in [7, 11) is -7.01. The first-order valence-corrected chi connectivity index (χ1v) is 17.1. The first-order valence-electron chi connectivity index (χ1n) is 14.0. The Balaban J connectivity index is 1.09. The van der Waals surface area contributed by atoms with Crippen LogP contribution in [-0.2, 0) is 24.6 Å². The van der Waals surface area contributed by atoms with Gasteiger partial charge in [0.25, 0.3) is 0 Å². The van der Waals surface area contributed by atoms with Gasteiger partial charge in [0, 0.05) is 37.3 Å². The molecule has 0 aliphatic carbocycles. The van der Waals surface area contributed by atoms with Gasteiger partial charge in [0.15, 0.2) is 9.84 Å². The molecular weight excluding hydrogens is 566 g/mol. The number of hydrogen-bond acceptors (Lipinski definition) is 9. The van der Waals surface area contributed by atoms with Gasteiger partial charge in [-0.3, -0.25) is 4.98 Å². The number of aliphatic hydroxyl groups is 1. The predicted octanol–water partition coefficient (Wildman–Crippen LogP) is 2.76. The van der Waals surface area contributed by atoms with E-state index in [2.05, 4.69) is 10.3 Å². The van der Waals surface area contributed by atoms with Crippen molar-refractivity contribution in [2.75, 3.05) is 38.6 Å². The number of sulfone groups is 1. The Labute approximate surface area is 241 Å². The molecule has 5 rings (SSSR count). The fraction of sp³-hybridized carbons (Fsp3) is 0.483. The lowest BCUT2D eigenvalue weighted by Gasteiger charge is -2.38. The van der Waals surface area contributed by atoms with Crippen LogP contribution in [0, 0.1) is 0 Å². The third-order valence-corrected chi connectivity index (χ3v) is 11.5. The molecule has 222 valence electrons. The Morgan fingerprint density at radius 1 is 1.10 bits per heavy atom. The van der Waals surface area contributed by atoms with Crippen molar-refractivity contribution in [2.24, 2.45) is 0 Å². The zero-order valence-electron chi connectivity index (χ0n) is 23.1. The van der Waals surface area contributed by atoms with Crippen molar-refractivity contribution < 1.29 is 31.4 Å². The normalized spacial score (nSPS) is 20.4. The smallest absolute Gasteiger partial charge is 0.244 e. The highest BCUT2D eigenvalue weighted by Gasteiger charge is 2.44. The van der Waals surface area contributed by atoms with Gasteiger partial charge in [0.1, 0.15) is 23.4 Å². The molecule has 41 heavy (non-hydrogen) atoms. The van der Waals surface area contributed by atoms with Crippen molar-refractivity contribution in [1.29, 1.82) is 0 Å². The van der Waals surface area contributed by atoms with Gasteiger partial charge in [-0.1, -0.05) is 31.2 Å². The van der Waals surface area contributed by atoms with Gasteiger partial charge in [-0.05, 0) is 56.0 Å². The Hall–Kier alpha value is -2.61. The molecule has 1 aromatic heterocycles. The minimum Gasteiger partial charge on any atom is -0.491 e. The lowest BCUT2D eigenvalue weighted by atomic mass is 9.88. The zero-order valence-corrected chi connectivity index (χ0v) is 24.7. The van der Waals surface area contributed by atoms with Crippen LogP contribution < -0.4 is 10.1 Å². The molecule has 10 nitrogen and oxygen atoms in total. The van der Waals surface area contributed by atoms with Crippen LogP contribution in [0.3, 0.4) is 0 Å². The van der Waals surface area contributed by atoms with Crippen LogP contribution in [0.2, 0.25) is 0 Å². The highest BCUT2D eigenvalue weighted by molar-refractivity contribution is 7.91. The van der Waals surface area contributed by atoms with Gasteiger partial charge in [-0.25, -0.2) is 16.8 Å². The zero-order chi connectivity index (χ0) is 29.1. The number of rotatable bonds is 11. The number of hydrogen-bond donors (Lipinski definition) is 2. The number of nitrogens with one attached hydrogen (secondary N) is 1. The molecule has 0 radical (unpaired) electrons. The summed E-state index contributed by atoms with van der Waals surface area (Å²) >= 11 is 0. The maximum Gasteiger partial charge on any atom is 0.244 e. The number of fused-ring (bicyclic) bond motifs is 1. The largest absolute Gasteiger partial charge is 0.491 e. The van der Waals surface area contributed by atoms with Gasteiger partial charge in [-0.2, -0.15) is 4.31 Å². The molecule has 1 spiro atoms. The highest BCUT2D eigenvalue weighted by atomic mass is 32.2. The Morgan fingerprint density at radius 3 is 2.66 bits per heavy atom. The summed E-state index contributed by atoms with van der Waals surface area (Å²) in [5.74, 6) is 0.467. The van der Waals surface area contributed by atoms with Gasteiger partial charge in [0.05, 0.1) is 28.4 Å². The first kappa shape index (κ1) is 29.9. The molecule has 0 saturated carbocycles. The number of sulfonamides is 1. The fourth-order valence-corrected chi connectivity index (χ4v) is 8.27. The van der Waals surface area contributed by atoms with Crippen molar-refractivity contribution in [1.82, 2.24) is 14.6 Å². The molecule has 3 aromatic rings. The van der Waals surface area contributed by atoms with Crippen LogP contribution in [0.4, 0.5) is 0 Å². The summed E-state index contributed by atoms with van der Waals surface area (Å²) in [6.07, 6.45) is 3.06. The van der Waals surface area contributed by atoms with E-state index < -0.39 is 31.6 Å². The number of aromatic nitrogens is 1. The lowest BCUT2D eigenvalue weighted by molar-refractivity contribution is -0.0312. The number of piperidine rings is 1. The van der Waals surface area contributed by atoms with Crippen LogP contribution in [0.1, 0.15) is 32.6 Å². The van der Waals surface area contributed by atoms with E-state index in [4.69, 9.17) is 9.47 Å². The van der Waals surface area contributed by atoms with Gasteiger partial charge in [-0.15, -0.1) is 0 Å². The van der Waals surface area contributed by atoms with Gasteiger partial charge < -0.3 is 19.9 Å². The predicted molar refractivity (Wildman–Crippen MR) is 155 cm³/mol. The van der Waals surface area contributed by atoms with Gasteiger partial charge in [0.2, 0.25) is 10.0 Å². The maximum atomic E-state index is 13.3. The van der Waals surface area contributed by atoms with E-state index in [1.807, 2.05) is 31.2 Å². The minimum absolute atomic E-state index is 0.0133. The summed E-state index contributed by atoms with van der Waals surface area (Å²) in [5, 5.41) is 14.6. The summed E-state index contributed by atoms with van der Waals surface area (Å²) in [5.41, 5.74) is 0.364. The maximum absolute atomic E-state index is 13.3. The Bertz CT molecular complexity index is 1570. The average molecular weight is 604 g/mol. The minimum atomic E-state index is -3.66. The van der Waals surface area contributed by atoms with Crippen molar-refractivity contribution >= 4 is 30.8 Å². The molecule has 0 unspecified atom stereocenters. The molecule has 2 saturated heterocycles.